The van der Waals surface area contributed by atoms with Crippen LogP contribution in [0.3, 0.4) is 0 Å². The second-order valence-electron chi connectivity index (χ2n) is 4.91. The first-order chi connectivity index (χ1) is 8.52. The third-order valence-electron chi connectivity index (χ3n) is 3.65. The lowest BCUT2D eigenvalue weighted by atomic mass is 9.96. The Kier molecular flexibility index (Phi) is 3.92. The molecule has 2 rings (SSSR count). The van der Waals surface area contributed by atoms with Gasteiger partial charge in [0.2, 0.25) is 0 Å². The van der Waals surface area contributed by atoms with Gasteiger partial charge in [0.1, 0.15) is 0 Å². The standard InChI is InChI=1S/C13H20N2O2S/c1-8-4-5-15(7-11(8)17-3)13(16)12-6-10(14)9(2)18-12/h6,8,11H,4-5,7,14H2,1-3H3. The Hall–Kier alpha value is -1.07. The predicted octanol–water partition coefficient (Wildman–Crippen LogP) is 2.14. The molecule has 0 aliphatic carbocycles. The Morgan fingerprint density at radius 1 is 1.61 bits per heavy atom. The minimum atomic E-state index is 0.0775. The highest BCUT2D eigenvalue weighted by molar-refractivity contribution is 7.14. The summed E-state index contributed by atoms with van der Waals surface area (Å²) in [6.45, 7) is 5.58. The topological polar surface area (TPSA) is 55.6 Å². The summed E-state index contributed by atoms with van der Waals surface area (Å²) < 4.78 is 5.43. The van der Waals surface area contributed by atoms with Crippen molar-refractivity contribution >= 4 is 22.9 Å². The van der Waals surface area contributed by atoms with Crippen molar-refractivity contribution in [3.05, 3.63) is 15.8 Å². The maximum Gasteiger partial charge on any atom is 0.264 e. The highest BCUT2D eigenvalue weighted by atomic mass is 32.1. The Labute approximate surface area is 112 Å². The number of amides is 1. The van der Waals surface area contributed by atoms with Gasteiger partial charge in [0.25, 0.3) is 5.91 Å². The fourth-order valence-electron chi connectivity index (χ4n) is 2.28. The van der Waals surface area contributed by atoms with Crippen LogP contribution < -0.4 is 5.73 Å². The molecule has 1 aliphatic heterocycles. The SMILES string of the molecule is COC1CN(C(=O)c2cc(N)c(C)s2)CCC1C. The summed E-state index contributed by atoms with van der Waals surface area (Å²) in [5.41, 5.74) is 6.50. The van der Waals surface area contributed by atoms with Crippen LogP contribution in [0, 0.1) is 12.8 Å². The van der Waals surface area contributed by atoms with E-state index in [4.69, 9.17) is 10.5 Å². The van der Waals surface area contributed by atoms with Gasteiger partial charge < -0.3 is 15.4 Å². The average molecular weight is 268 g/mol. The number of hydrogen-bond donors (Lipinski definition) is 1. The molecule has 2 unspecified atom stereocenters. The number of ether oxygens (including phenoxy) is 1. The van der Waals surface area contributed by atoms with Crippen LogP contribution in [0.25, 0.3) is 0 Å². The number of hydrogen-bond acceptors (Lipinski definition) is 4. The molecule has 100 valence electrons. The van der Waals surface area contributed by atoms with Crippen LogP contribution in [0.2, 0.25) is 0 Å². The molecule has 0 spiro atoms. The normalized spacial score (nSPS) is 24.3. The van der Waals surface area contributed by atoms with Gasteiger partial charge in [0.05, 0.1) is 11.0 Å². The van der Waals surface area contributed by atoms with Crippen LogP contribution in [0.1, 0.15) is 27.9 Å². The third-order valence-corrected chi connectivity index (χ3v) is 4.70. The maximum absolute atomic E-state index is 12.4. The molecule has 1 amide bonds. The van der Waals surface area contributed by atoms with Gasteiger partial charge in [-0.2, -0.15) is 0 Å². The van der Waals surface area contributed by atoms with Gasteiger partial charge in [-0.3, -0.25) is 4.79 Å². The minimum absolute atomic E-state index is 0.0775. The number of carbonyl (C=O) groups excluding carboxylic acids is 1. The average Bonchev–Trinajstić information content (AvgIpc) is 2.69. The molecule has 1 fully saturated rings. The summed E-state index contributed by atoms with van der Waals surface area (Å²) in [7, 11) is 1.71. The van der Waals surface area contributed by atoms with Crippen molar-refractivity contribution in [2.45, 2.75) is 26.4 Å². The van der Waals surface area contributed by atoms with Crippen molar-refractivity contribution in [1.82, 2.24) is 4.90 Å². The molecule has 1 saturated heterocycles. The molecule has 5 heteroatoms. The van der Waals surface area contributed by atoms with Crippen LogP contribution in [0.5, 0.6) is 0 Å². The molecule has 0 aromatic carbocycles. The second-order valence-corrected chi connectivity index (χ2v) is 6.17. The third kappa shape index (κ3) is 2.52. The number of likely N-dealkylation sites (tertiary alicyclic amines) is 1. The van der Waals surface area contributed by atoms with E-state index in [2.05, 4.69) is 6.92 Å². The van der Waals surface area contributed by atoms with Gasteiger partial charge in [-0.1, -0.05) is 6.92 Å². The van der Waals surface area contributed by atoms with Crippen molar-refractivity contribution < 1.29 is 9.53 Å². The molecule has 4 nitrogen and oxygen atoms in total. The molecular formula is C13H20N2O2S. The van der Waals surface area contributed by atoms with E-state index in [-0.39, 0.29) is 12.0 Å². The summed E-state index contributed by atoms with van der Waals surface area (Å²) in [4.78, 5) is 16.0. The van der Waals surface area contributed by atoms with Crippen molar-refractivity contribution in [2.24, 2.45) is 5.92 Å². The van der Waals surface area contributed by atoms with Crippen LogP contribution in [0.4, 0.5) is 5.69 Å². The monoisotopic (exact) mass is 268 g/mol. The van der Waals surface area contributed by atoms with Gasteiger partial charge in [-0.15, -0.1) is 11.3 Å². The Balaban J connectivity index is 2.10. The lowest BCUT2D eigenvalue weighted by molar-refractivity contribution is -0.00138. The number of nitrogen functional groups attached to an aromatic ring is 1. The molecule has 1 aromatic heterocycles. The number of carbonyl (C=O) groups is 1. The molecule has 0 radical (unpaired) electrons. The lowest BCUT2D eigenvalue weighted by Gasteiger charge is -2.36. The van der Waals surface area contributed by atoms with E-state index in [9.17, 15) is 4.79 Å². The molecule has 1 aliphatic rings. The second kappa shape index (κ2) is 5.28. The van der Waals surface area contributed by atoms with Crippen LogP contribution >= 0.6 is 11.3 Å². The highest BCUT2D eigenvalue weighted by Gasteiger charge is 2.29. The van der Waals surface area contributed by atoms with E-state index in [0.29, 0.717) is 18.2 Å². The van der Waals surface area contributed by atoms with Gasteiger partial charge in [0.15, 0.2) is 0 Å². The number of piperidine rings is 1. The van der Waals surface area contributed by atoms with Crippen molar-refractivity contribution in [2.75, 3.05) is 25.9 Å². The Bertz CT molecular complexity index is 425. The fourth-order valence-corrected chi connectivity index (χ4v) is 3.19. The molecule has 2 N–H and O–H groups in total. The Morgan fingerprint density at radius 3 is 2.89 bits per heavy atom. The highest BCUT2D eigenvalue weighted by Crippen LogP contribution is 2.27. The van der Waals surface area contributed by atoms with Gasteiger partial charge >= 0.3 is 0 Å². The van der Waals surface area contributed by atoms with E-state index >= 15 is 0 Å². The lowest BCUT2D eigenvalue weighted by Crippen LogP contribution is -2.46. The molecule has 2 atom stereocenters. The van der Waals surface area contributed by atoms with Gasteiger partial charge in [-0.05, 0) is 25.3 Å². The summed E-state index contributed by atoms with van der Waals surface area (Å²) in [5.74, 6) is 0.586. The van der Waals surface area contributed by atoms with E-state index in [0.717, 1.165) is 22.7 Å². The van der Waals surface area contributed by atoms with E-state index in [1.165, 1.54) is 11.3 Å². The minimum Gasteiger partial charge on any atom is -0.398 e. The number of nitrogens with two attached hydrogens (primary N) is 1. The number of thiophene rings is 1. The zero-order valence-electron chi connectivity index (χ0n) is 11.1. The Morgan fingerprint density at radius 2 is 2.33 bits per heavy atom. The van der Waals surface area contributed by atoms with E-state index in [1.54, 1.807) is 13.2 Å². The van der Waals surface area contributed by atoms with Crippen molar-refractivity contribution in [3.63, 3.8) is 0 Å². The number of methoxy groups -OCH3 is 1. The summed E-state index contributed by atoms with van der Waals surface area (Å²) in [5, 5.41) is 0. The number of rotatable bonds is 2. The summed E-state index contributed by atoms with van der Waals surface area (Å²) >= 11 is 1.47. The molecule has 1 aromatic rings. The molecular weight excluding hydrogens is 248 g/mol. The first-order valence-corrected chi connectivity index (χ1v) is 7.02. The first kappa shape index (κ1) is 13.4. The summed E-state index contributed by atoms with van der Waals surface area (Å²) in [6, 6.07) is 1.78. The molecule has 0 saturated carbocycles. The zero-order valence-corrected chi connectivity index (χ0v) is 11.9. The molecule has 0 bridgehead atoms. The summed E-state index contributed by atoms with van der Waals surface area (Å²) in [6.07, 6.45) is 1.13. The first-order valence-electron chi connectivity index (χ1n) is 6.21. The fraction of sp³-hybridized carbons (Fsp3) is 0.615. The van der Waals surface area contributed by atoms with E-state index in [1.807, 2.05) is 11.8 Å². The molecule has 2 heterocycles. The number of nitrogens with zero attached hydrogens (tertiary/aromatic N) is 1. The number of anilines is 1. The quantitative estimate of drug-likeness (QED) is 0.894. The van der Waals surface area contributed by atoms with Crippen molar-refractivity contribution in [1.29, 1.82) is 0 Å². The van der Waals surface area contributed by atoms with Crippen molar-refractivity contribution in [3.8, 4) is 0 Å². The largest absolute Gasteiger partial charge is 0.398 e. The van der Waals surface area contributed by atoms with Gasteiger partial charge in [-0.25, -0.2) is 0 Å². The zero-order chi connectivity index (χ0) is 13.3. The predicted molar refractivity (Wildman–Crippen MR) is 73.9 cm³/mol. The van der Waals surface area contributed by atoms with Gasteiger partial charge in [0, 0.05) is 30.8 Å². The van der Waals surface area contributed by atoms with Crippen LogP contribution in [0.15, 0.2) is 6.07 Å². The van der Waals surface area contributed by atoms with E-state index < -0.39 is 0 Å². The maximum atomic E-state index is 12.4. The van der Waals surface area contributed by atoms with Crippen LogP contribution in [-0.2, 0) is 4.74 Å². The number of aryl methyl sites for hydroxylation is 1. The molecule has 18 heavy (non-hydrogen) atoms. The van der Waals surface area contributed by atoms with Crippen LogP contribution in [-0.4, -0.2) is 37.1 Å². The smallest absolute Gasteiger partial charge is 0.264 e.